The van der Waals surface area contributed by atoms with Crippen LogP contribution in [0.3, 0.4) is 0 Å². The zero-order valence-electron chi connectivity index (χ0n) is 12.8. The fraction of sp³-hybridized carbons (Fsp3) is 0.812. The Labute approximate surface area is 122 Å². The molecular formula is C16H28N2O2. The molecule has 2 atom stereocenters. The van der Waals surface area contributed by atoms with Crippen LogP contribution in [-0.2, 0) is 17.7 Å². The quantitative estimate of drug-likeness (QED) is 0.835. The molecule has 2 unspecified atom stereocenters. The topological polar surface area (TPSA) is 47.3 Å². The number of imidazole rings is 1. The maximum absolute atomic E-state index is 10.6. The van der Waals surface area contributed by atoms with E-state index in [9.17, 15) is 5.11 Å². The highest BCUT2D eigenvalue weighted by atomic mass is 16.5. The van der Waals surface area contributed by atoms with Crippen molar-refractivity contribution in [2.45, 2.75) is 71.1 Å². The van der Waals surface area contributed by atoms with Crippen molar-refractivity contribution in [2.75, 3.05) is 6.61 Å². The van der Waals surface area contributed by atoms with E-state index in [0.29, 0.717) is 18.9 Å². The Morgan fingerprint density at radius 1 is 1.35 bits per heavy atom. The standard InChI is InChI=1S/C16H28N2O2/c1-3-18-11-10-17-15(18)12-14(19)16(20-4-2)13-8-6-5-7-9-13/h10-11,13-14,16,19H,3-9,12H2,1-2H3. The van der Waals surface area contributed by atoms with E-state index in [1.807, 2.05) is 19.3 Å². The number of nitrogens with zero attached hydrogens (tertiary/aromatic N) is 2. The van der Waals surface area contributed by atoms with Gasteiger partial charge in [0, 0.05) is 32.0 Å². The van der Waals surface area contributed by atoms with Gasteiger partial charge in [-0.2, -0.15) is 0 Å². The summed E-state index contributed by atoms with van der Waals surface area (Å²) in [7, 11) is 0. The van der Waals surface area contributed by atoms with E-state index >= 15 is 0 Å². The zero-order valence-corrected chi connectivity index (χ0v) is 12.8. The fourth-order valence-electron chi connectivity index (χ4n) is 3.34. The molecule has 0 bridgehead atoms. The van der Waals surface area contributed by atoms with Gasteiger partial charge in [0.15, 0.2) is 0 Å². The minimum atomic E-state index is -0.453. The highest BCUT2D eigenvalue weighted by Crippen LogP contribution is 2.30. The first-order valence-electron chi connectivity index (χ1n) is 8.05. The molecule has 0 radical (unpaired) electrons. The van der Waals surface area contributed by atoms with Crippen molar-refractivity contribution in [1.29, 1.82) is 0 Å². The predicted molar refractivity (Wildman–Crippen MR) is 79.6 cm³/mol. The largest absolute Gasteiger partial charge is 0.390 e. The highest BCUT2D eigenvalue weighted by Gasteiger charge is 2.30. The van der Waals surface area contributed by atoms with Crippen molar-refractivity contribution in [2.24, 2.45) is 5.92 Å². The maximum atomic E-state index is 10.6. The van der Waals surface area contributed by atoms with Crippen LogP contribution in [0.25, 0.3) is 0 Å². The second kappa shape index (κ2) is 7.79. The van der Waals surface area contributed by atoms with Crippen LogP contribution in [0.15, 0.2) is 12.4 Å². The Bertz CT molecular complexity index is 386. The number of aliphatic hydroxyl groups is 1. The normalized spacial score (nSPS) is 19.9. The van der Waals surface area contributed by atoms with Crippen molar-refractivity contribution < 1.29 is 9.84 Å². The Kier molecular flexibility index (Phi) is 6.05. The summed E-state index contributed by atoms with van der Waals surface area (Å²) < 4.78 is 7.97. The number of aliphatic hydroxyl groups excluding tert-OH is 1. The molecule has 4 heteroatoms. The van der Waals surface area contributed by atoms with Crippen LogP contribution in [0, 0.1) is 5.92 Å². The third kappa shape index (κ3) is 3.83. The van der Waals surface area contributed by atoms with Crippen LogP contribution in [0.2, 0.25) is 0 Å². The summed E-state index contributed by atoms with van der Waals surface area (Å²) in [5.41, 5.74) is 0. The molecule has 1 heterocycles. The first kappa shape index (κ1) is 15.5. The van der Waals surface area contributed by atoms with E-state index in [-0.39, 0.29) is 6.10 Å². The third-order valence-corrected chi connectivity index (χ3v) is 4.39. The molecular weight excluding hydrogens is 252 g/mol. The molecule has 4 nitrogen and oxygen atoms in total. The summed E-state index contributed by atoms with van der Waals surface area (Å²) >= 11 is 0. The average Bonchev–Trinajstić information content (AvgIpc) is 2.92. The lowest BCUT2D eigenvalue weighted by Gasteiger charge is -2.33. The Morgan fingerprint density at radius 3 is 2.75 bits per heavy atom. The fourth-order valence-corrected chi connectivity index (χ4v) is 3.34. The number of aryl methyl sites for hydroxylation is 1. The SMILES string of the molecule is CCOC(C(O)Cc1nccn1CC)C1CCCCC1. The average molecular weight is 280 g/mol. The molecule has 1 aromatic heterocycles. The summed E-state index contributed by atoms with van der Waals surface area (Å²) in [4.78, 5) is 4.36. The lowest BCUT2D eigenvalue weighted by Crippen LogP contribution is -2.39. The van der Waals surface area contributed by atoms with Gasteiger partial charge in [0.1, 0.15) is 5.82 Å². The van der Waals surface area contributed by atoms with Crippen LogP contribution < -0.4 is 0 Å². The predicted octanol–water partition coefficient (Wildman–Crippen LogP) is 2.79. The van der Waals surface area contributed by atoms with E-state index in [0.717, 1.165) is 12.4 Å². The lowest BCUT2D eigenvalue weighted by molar-refractivity contribution is -0.0723. The molecule has 1 saturated carbocycles. The second-order valence-corrected chi connectivity index (χ2v) is 5.72. The number of aromatic nitrogens is 2. The van der Waals surface area contributed by atoms with Gasteiger partial charge in [-0.3, -0.25) is 0 Å². The highest BCUT2D eigenvalue weighted by molar-refractivity contribution is 4.96. The molecule has 0 aromatic carbocycles. The number of rotatable bonds is 7. The monoisotopic (exact) mass is 280 g/mol. The molecule has 1 aliphatic rings. The van der Waals surface area contributed by atoms with Crippen LogP contribution in [0.1, 0.15) is 51.8 Å². The molecule has 0 aliphatic heterocycles. The van der Waals surface area contributed by atoms with Crippen molar-refractivity contribution >= 4 is 0 Å². The summed E-state index contributed by atoms with van der Waals surface area (Å²) in [5.74, 6) is 1.46. The molecule has 1 aliphatic carbocycles. The van der Waals surface area contributed by atoms with Gasteiger partial charge in [0.2, 0.25) is 0 Å². The van der Waals surface area contributed by atoms with Gasteiger partial charge in [0.05, 0.1) is 12.2 Å². The zero-order chi connectivity index (χ0) is 14.4. The van der Waals surface area contributed by atoms with E-state index in [2.05, 4.69) is 16.5 Å². The molecule has 20 heavy (non-hydrogen) atoms. The minimum absolute atomic E-state index is 0.0395. The van der Waals surface area contributed by atoms with Gasteiger partial charge in [0.25, 0.3) is 0 Å². The Morgan fingerprint density at radius 2 is 2.10 bits per heavy atom. The minimum Gasteiger partial charge on any atom is -0.390 e. The van der Waals surface area contributed by atoms with E-state index < -0.39 is 6.10 Å². The smallest absolute Gasteiger partial charge is 0.111 e. The van der Waals surface area contributed by atoms with Gasteiger partial charge in [-0.05, 0) is 32.6 Å². The molecule has 1 fully saturated rings. The van der Waals surface area contributed by atoms with Crippen LogP contribution in [0.4, 0.5) is 0 Å². The summed E-state index contributed by atoms with van der Waals surface area (Å²) in [6.45, 7) is 5.67. The van der Waals surface area contributed by atoms with Crippen LogP contribution >= 0.6 is 0 Å². The van der Waals surface area contributed by atoms with E-state index in [1.165, 1.54) is 32.1 Å². The van der Waals surface area contributed by atoms with Gasteiger partial charge in [-0.25, -0.2) is 4.98 Å². The second-order valence-electron chi connectivity index (χ2n) is 5.72. The molecule has 0 amide bonds. The molecule has 114 valence electrons. The summed E-state index contributed by atoms with van der Waals surface area (Å²) in [6.07, 6.45) is 10.1. The molecule has 0 spiro atoms. The summed E-state index contributed by atoms with van der Waals surface area (Å²) in [6, 6.07) is 0. The van der Waals surface area contributed by atoms with Gasteiger partial charge in [-0.15, -0.1) is 0 Å². The van der Waals surface area contributed by atoms with Gasteiger partial charge < -0.3 is 14.4 Å². The number of hydrogen-bond donors (Lipinski definition) is 1. The molecule has 1 N–H and O–H groups in total. The van der Waals surface area contributed by atoms with E-state index in [1.54, 1.807) is 0 Å². The van der Waals surface area contributed by atoms with E-state index in [4.69, 9.17) is 4.74 Å². The van der Waals surface area contributed by atoms with Crippen LogP contribution in [0.5, 0.6) is 0 Å². The summed E-state index contributed by atoms with van der Waals surface area (Å²) in [5, 5.41) is 10.6. The lowest BCUT2D eigenvalue weighted by atomic mass is 9.82. The van der Waals surface area contributed by atoms with Crippen molar-refractivity contribution in [1.82, 2.24) is 9.55 Å². The van der Waals surface area contributed by atoms with Gasteiger partial charge >= 0.3 is 0 Å². The first-order chi connectivity index (χ1) is 9.76. The first-order valence-corrected chi connectivity index (χ1v) is 8.05. The Hall–Kier alpha value is -0.870. The van der Waals surface area contributed by atoms with Crippen molar-refractivity contribution in [3.8, 4) is 0 Å². The molecule has 2 rings (SSSR count). The Balaban J connectivity index is 2.00. The molecule has 0 saturated heterocycles. The third-order valence-electron chi connectivity index (χ3n) is 4.39. The number of hydrogen-bond acceptors (Lipinski definition) is 3. The van der Waals surface area contributed by atoms with Crippen LogP contribution in [-0.4, -0.2) is 33.5 Å². The van der Waals surface area contributed by atoms with Crippen molar-refractivity contribution in [3.63, 3.8) is 0 Å². The number of ether oxygens (including phenoxy) is 1. The van der Waals surface area contributed by atoms with Gasteiger partial charge in [-0.1, -0.05) is 19.3 Å². The van der Waals surface area contributed by atoms with Crippen molar-refractivity contribution in [3.05, 3.63) is 18.2 Å². The molecule has 1 aromatic rings. The maximum Gasteiger partial charge on any atom is 0.111 e.